The largest absolute Gasteiger partial charge is 0.494 e. The molecule has 2 rings (SSSR count). The molecule has 0 aliphatic rings. The molecule has 2 N–H and O–H groups in total. The van der Waals surface area contributed by atoms with Gasteiger partial charge in [0.2, 0.25) is 0 Å². The average molecular weight is 234 g/mol. The zero-order valence-electron chi connectivity index (χ0n) is 8.93. The van der Waals surface area contributed by atoms with Gasteiger partial charge in [0.15, 0.2) is 0 Å². The Labute approximate surface area is 98.9 Å². The number of aromatic nitrogens is 1. The lowest BCUT2D eigenvalue weighted by Gasteiger charge is -2.05. The third-order valence-electron chi connectivity index (χ3n) is 2.15. The molecule has 0 amide bonds. The molecule has 1 heterocycles. The Hall–Kier alpha value is -1.39. The highest BCUT2D eigenvalue weighted by Crippen LogP contribution is 2.23. The number of nitrogens with two attached hydrogens (primary N) is 1. The van der Waals surface area contributed by atoms with E-state index in [-0.39, 0.29) is 0 Å². The maximum absolute atomic E-state index is 5.52. The van der Waals surface area contributed by atoms with Crippen molar-refractivity contribution in [3.05, 3.63) is 35.8 Å². The molecule has 0 bridgehead atoms. The minimum Gasteiger partial charge on any atom is -0.494 e. The van der Waals surface area contributed by atoms with E-state index in [1.54, 1.807) is 11.3 Å². The third-order valence-corrected chi connectivity index (χ3v) is 2.97. The molecule has 0 unspecified atom stereocenters. The molecule has 0 saturated carbocycles. The van der Waals surface area contributed by atoms with Gasteiger partial charge in [0.25, 0.3) is 0 Å². The Kier molecular flexibility index (Phi) is 3.91. The minimum atomic E-state index is 0.664. The number of ether oxygens (including phenoxy) is 1. The summed E-state index contributed by atoms with van der Waals surface area (Å²) in [6, 6.07) is 7.98. The van der Waals surface area contributed by atoms with Crippen LogP contribution in [0.1, 0.15) is 6.42 Å². The summed E-state index contributed by atoms with van der Waals surface area (Å²) in [5.74, 6) is 0.883. The topological polar surface area (TPSA) is 48.1 Å². The van der Waals surface area contributed by atoms with Crippen LogP contribution < -0.4 is 10.5 Å². The molecule has 3 nitrogen and oxygen atoms in total. The molecule has 84 valence electrons. The maximum atomic E-state index is 5.52. The van der Waals surface area contributed by atoms with Gasteiger partial charge in [-0.1, -0.05) is 0 Å². The van der Waals surface area contributed by atoms with Gasteiger partial charge in [-0.15, -0.1) is 11.3 Å². The second-order valence-electron chi connectivity index (χ2n) is 3.35. The molecule has 0 spiro atoms. The molecule has 0 aliphatic carbocycles. The van der Waals surface area contributed by atoms with Crippen LogP contribution in [0, 0.1) is 0 Å². The highest BCUT2D eigenvalue weighted by atomic mass is 32.1. The van der Waals surface area contributed by atoms with Gasteiger partial charge in [-0.05, 0) is 37.2 Å². The maximum Gasteiger partial charge on any atom is 0.123 e. The summed E-state index contributed by atoms with van der Waals surface area (Å²) in [7, 11) is 0. The van der Waals surface area contributed by atoms with Crippen LogP contribution in [-0.4, -0.2) is 18.1 Å². The predicted octanol–water partition coefficient (Wildman–Crippen LogP) is 2.54. The Morgan fingerprint density at radius 2 is 2.06 bits per heavy atom. The Morgan fingerprint density at radius 1 is 1.25 bits per heavy atom. The van der Waals surface area contributed by atoms with E-state index >= 15 is 0 Å². The highest BCUT2D eigenvalue weighted by Gasteiger charge is 2.00. The van der Waals surface area contributed by atoms with E-state index in [9.17, 15) is 0 Å². The van der Waals surface area contributed by atoms with Crippen molar-refractivity contribution >= 4 is 11.3 Å². The summed E-state index contributed by atoms with van der Waals surface area (Å²) in [6.07, 6.45) is 2.69. The minimum absolute atomic E-state index is 0.664. The van der Waals surface area contributed by atoms with Gasteiger partial charge in [0.05, 0.1) is 6.61 Å². The van der Waals surface area contributed by atoms with Gasteiger partial charge in [-0.25, -0.2) is 4.98 Å². The van der Waals surface area contributed by atoms with E-state index in [4.69, 9.17) is 10.5 Å². The van der Waals surface area contributed by atoms with Crippen molar-refractivity contribution < 1.29 is 4.74 Å². The van der Waals surface area contributed by atoms with Crippen LogP contribution in [0.25, 0.3) is 10.6 Å². The summed E-state index contributed by atoms with van der Waals surface area (Å²) in [5, 5.41) is 3.01. The number of hydrogen-bond acceptors (Lipinski definition) is 4. The van der Waals surface area contributed by atoms with E-state index in [0.717, 1.165) is 22.7 Å². The second-order valence-corrected chi connectivity index (χ2v) is 4.25. The number of benzene rings is 1. The van der Waals surface area contributed by atoms with E-state index in [2.05, 4.69) is 4.98 Å². The van der Waals surface area contributed by atoms with Crippen LogP contribution in [0.5, 0.6) is 5.75 Å². The van der Waals surface area contributed by atoms with E-state index in [1.165, 1.54) is 0 Å². The molecule has 0 aliphatic heterocycles. The predicted molar refractivity (Wildman–Crippen MR) is 66.7 cm³/mol. The SMILES string of the molecule is NCCCOc1ccc(-c2nccs2)cc1. The van der Waals surface area contributed by atoms with Gasteiger partial charge in [-0.2, -0.15) is 0 Å². The van der Waals surface area contributed by atoms with Crippen LogP contribution in [0.15, 0.2) is 35.8 Å². The fourth-order valence-electron chi connectivity index (χ4n) is 1.33. The third kappa shape index (κ3) is 2.81. The van der Waals surface area contributed by atoms with Crippen LogP contribution in [-0.2, 0) is 0 Å². The zero-order chi connectivity index (χ0) is 11.2. The van der Waals surface area contributed by atoms with Gasteiger partial charge >= 0.3 is 0 Å². The molecular weight excluding hydrogens is 220 g/mol. The first-order valence-corrected chi connectivity index (χ1v) is 6.11. The Bertz CT molecular complexity index is 411. The fourth-order valence-corrected chi connectivity index (χ4v) is 1.98. The zero-order valence-corrected chi connectivity index (χ0v) is 9.74. The monoisotopic (exact) mass is 234 g/mol. The lowest BCUT2D eigenvalue weighted by molar-refractivity contribution is 0.313. The first-order chi connectivity index (χ1) is 7.90. The summed E-state index contributed by atoms with van der Waals surface area (Å²) in [4.78, 5) is 4.25. The lowest BCUT2D eigenvalue weighted by Crippen LogP contribution is -2.05. The highest BCUT2D eigenvalue weighted by molar-refractivity contribution is 7.13. The van der Waals surface area contributed by atoms with Crippen LogP contribution in [0.3, 0.4) is 0 Å². The Morgan fingerprint density at radius 3 is 2.69 bits per heavy atom. The number of nitrogens with zero attached hydrogens (tertiary/aromatic N) is 1. The summed E-state index contributed by atoms with van der Waals surface area (Å²) in [6.45, 7) is 1.34. The smallest absolute Gasteiger partial charge is 0.123 e. The summed E-state index contributed by atoms with van der Waals surface area (Å²) < 4.78 is 5.52. The van der Waals surface area contributed by atoms with Crippen molar-refractivity contribution in [1.82, 2.24) is 4.98 Å². The van der Waals surface area contributed by atoms with Crippen molar-refractivity contribution in [3.63, 3.8) is 0 Å². The number of hydrogen-bond donors (Lipinski definition) is 1. The molecule has 0 radical (unpaired) electrons. The van der Waals surface area contributed by atoms with Crippen molar-refractivity contribution in [2.24, 2.45) is 5.73 Å². The number of thiazole rings is 1. The number of rotatable bonds is 5. The van der Waals surface area contributed by atoms with Gasteiger partial charge in [-0.3, -0.25) is 0 Å². The molecular formula is C12H14N2OS. The van der Waals surface area contributed by atoms with Crippen LogP contribution >= 0.6 is 11.3 Å². The van der Waals surface area contributed by atoms with E-state index in [0.29, 0.717) is 13.2 Å². The van der Waals surface area contributed by atoms with E-state index < -0.39 is 0 Å². The lowest BCUT2D eigenvalue weighted by atomic mass is 10.2. The first-order valence-electron chi connectivity index (χ1n) is 5.23. The van der Waals surface area contributed by atoms with Crippen LogP contribution in [0.4, 0.5) is 0 Å². The Balaban J connectivity index is 2.00. The van der Waals surface area contributed by atoms with Crippen molar-refractivity contribution in [1.29, 1.82) is 0 Å². The molecule has 1 aromatic heterocycles. The first kappa shape index (κ1) is 11.1. The van der Waals surface area contributed by atoms with Gasteiger partial charge in [0, 0.05) is 17.1 Å². The molecule has 2 aromatic rings. The van der Waals surface area contributed by atoms with Crippen LogP contribution in [0.2, 0.25) is 0 Å². The molecule has 0 fully saturated rings. The quantitative estimate of drug-likeness (QED) is 0.809. The van der Waals surface area contributed by atoms with Crippen molar-refractivity contribution in [2.45, 2.75) is 6.42 Å². The molecule has 1 aromatic carbocycles. The fraction of sp³-hybridized carbons (Fsp3) is 0.250. The normalized spacial score (nSPS) is 10.3. The van der Waals surface area contributed by atoms with Crippen molar-refractivity contribution in [2.75, 3.05) is 13.2 Å². The summed E-state index contributed by atoms with van der Waals surface area (Å²) >= 11 is 1.63. The average Bonchev–Trinajstić information content (AvgIpc) is 2.84. The van der Waals surface area contributed by atoms with Gasteiger partial charge in [0.1, 0.15) is 10.8 Å². The van der Waals surface area contributed by atoms with Crippen molar-refractivity contribution in [3.8, 4) is 16.3 Å². The molecule has 0 atom stereocenters. The molecule has 0 saturated heterocycles. The van der Waals surface area contributed by atoms with E-state index in [1.807, 2.05) is 35.8 Å². The second kappa shape index (κ2) is 5.63. The molecule has 4 heteroatoms. The van der Waals surface area contributed by atoms with Gasteiger partial charge < -0.3 is 10.5 Å². The standard InChI is InChI=1S/C12H14N2OS/c13-6-1-8-15-11-4-2-10(3-5-11)12-14-7-9-16-12/h2-5,7,9H,1,6,8,13H2. The summed E-state index contributed by atoms with van der Waals surface area (Å²) in [5.41, 5.74) is 6.52. The molecule has 16 heavy (non-hydrogen) atoms.